The molecule has 5 heteroatoms. The number of nitrogens with zero attached hydrogens (tertiary/aromatic N) is 2. The van der Waals surface area contributed by atoms with Crippen molar-refractivity contribution >= 4 is 21.6 Å². The highest BCUT2D eigenvalue weighted by molar-refractivity contribution is 9.10. The average Bonchev–Trinajstić information content (AvgIpc) is 2.38. The first-order chi connectivity index (χ1) is 9.12. The molecule has 1 aromatic rings. The van der Waals surface area contributed by atoms with Gasteiger partial charge < -0.3 is 5.32 Å². The van der Waals surface area contributed by atoms with E-state index in [1.807, 2.05) is 0 Å². The predicted molar refractivity (Wildman–Crippen MR) is 81.6 cm³/mol. The molecule has 1 aliphatic carbocycles. The van der Waals surface area contributed by atoms with Crippen molar-refractivity contribution in [2.24, 2.45) is 0 Å². The van der Waals surface area contributed by atoms with Crippen molar-refractivity contribution in [2.75, 3.05) is 5.32 Å². The van der Waals surface area contributed by atoms with Gasteiger partial charge in [-0.15, -0.1) is 0 Å². The van der Waals surface area contributed by atoms with Gasteiger partial charge in [0.2, 0.25) is 0 Å². The van der Waals surface area contributed by atoms with Gasteiger partial charge in [0.05, 0.1) is 11.9 Å². The Morgan fingerprint density at radius 2 is 2.21 bits per heavy atom. The van der Waals surface area contributed by atoms with Crippen LogP contribution in [-0.2, 0) is 6.54 Å². The molecule has 1 saturated carbocycles. The van der Waals surface area contributed by atoms with Gasteiger partial charge in [-0.1, -0.05) is 20.3 Å². The second-order valence-corrected chi connectivity index (χ2v) is 6.16. The lowest BCUT2D eigenvalue weighted by molar-refractivity contribution is 0.269. The van der Waals surface area contributed by atoms with Crippen LogP contribution in [0.1, 0.15) is 52.4 Å². The molecule has 0 spiro atoms. The smallest absolute Gasteiger partial charge is 0.283 e. The summed E-state index contributed by atoms with van der Waals surface area (Å²) in [5.41, 5.74) is 0.968. The second kappa shape index (κ2) is 6.07. The lowest BCUT2D eigenvalue weighted by Crippen LogP contribution is -2.44. The highest BCUT2D eigenvalue weighted by atomic mass is 79.9. The van der Waals surface area contributed by atoms with Gasteiger partial charge in [-0.2, -0.15) is 5.10 Å². The van der Waals surface area contributed by atoms with Crippen molar-refractivity contribution in [3.63, 3.8) is 0 Å². The van der Waals surface area contributed by atoms with E-state index < -0.39 is 0 Å². The van der Waals surface area contributed by atoms with Gasteiger partial charge in [0, 0.05) is 12.1 Å². The Hall–Kier alpha value is -0.840. The summed E-state index contributed by atoms with van der Waals surface area (Å²) in [7, 11) is 0. The molecule has 106 valence electrons. The van der Waals surface area contributed by atoms with Gasteiger partial charge in [0.25, 0.3) is 5.56 Å². The van der Waals surface area contributed by atoms with Crippen LogP contribution in [0.25, 0.3) is 0 Å². The first-order valence-corrected chi connectivity index (χ1v) is 7.95. The summed E-state index contributed by atoms with van der Waals surface area (Å²) in [5, 5.41) is 7.78. The lowest BCUT2D eigenvalue weighted by Gasteiger charge is -2.43. The van der Waals surface area contributed by atoms with Gasteiger partial charge in [-0.25, -0.2) is 4.68 Å². The minimum Gasteiger partial charge on any atom is -0.377 e. The molecule has 1 heterocycles. The molecule has 19 heavy (non-hydrogen) atoms. The minimum atomic E-state index is -0.0379. The Kier molecular flexibility index (Phi) is 4.66. The van der Waals surface area contributed by atoms with E-state index in [9.17, 15) is 4.79 Å². The average molecular weight is 328 g/mol. The van der Waals surface area contributed by atoms with Crippen molar-refractivity contribution in [1.82, 2.24) is 9.78 Å². The van der Waals surface area contributed by atoms with Crippen molar-refractivity contribution in [1.29, 1.82) is 0 Å². The molecule has 0 amide bonds. The van der Waals surface area contributed by atoms with Crippen LogP contribution in [0.15, 0.2) is 15.5 Å². The van der Waals surface area contributed by atoms with Crippen molar-refractivity contribution in [2.45, 2.75) is 64.5 Å². The molecule has 1 aromatic heterocycles. The number of nitrogens with one attached hydrogen (secondary N) is 1. The Morgan fingerprint density at radius 3 is 2.74 bits per heavy atom. The van der Waals surface area contributed by atoms with Crippen molar-refractivity contribution in [3.05, 3.63) is 21.0 Å². The minimum absolute atomic E-state index is 0.0379. The van der Waals surface area contributed by atoms with Crippen molar-refractivity contribution in [3.8, 4) is 0 Å². The molecule has 1 aliphatic rings. The molecule has 0 saturated heterocycles. The number of hydrogen-bond acceptors (Lipinski definition) is 3. The molecule has 2 rings (SSSR count). The molecule has 0 bridgehead atoms. The predicted octanol–water partition coefficient (Wildman–Crippen LogP) is 3.55. The van der Waals surface area contributed by atoms with Gasteiger partial charge in [0.15, 0.2) is 0 Å². The highest BCUT2D eigenvalue weighted by Gasteiger charge is 2.35. The molecule has 1 fully saturated rings. The molecule has 1 N–H and O–H groups in total. The number of anilines is 1. The van der Waals surface area contributed by atoms with Gasteiger partial charge in [0.1, 0.15) is 4.47 Å². The fourth-order valence-corrected chi connectivity index (χ4v) is 2.88. The molecule has 0 radical (unpaired) electrons. The highest BCUT2D eigenvalue weighted by Crippen LogP contribution is 2.38. The SMILES string of the molecule is CCCCn1ncc(NC2(CC)CCC2)c(Br)c1=O. The molecule has 0 unspecified atom stereocenters. The third-order valence-electron chi connectivity index (χ3n) is 4.10. The first kappa shape index (κ1) is 14.6. The lowest BCUT2D eigenvalue weighted by atomic mass is 9.75. The summed E-state index contributed by atoms with van der Waals surface area (Å²) in [6.07, 6.45) is 8.51. The van der Waals surface area contributed by atoms with E-state index in [1.54, 1.807) is 6.20 Å². The molecular formula is C14H22BrN3O. The van der Waals surface area contributed by atoms with Gasteiger partial charge in [-0.3, -0.25) is 4.79 Å². The van der Waals surface area contributed by atoms with E-state index in [1.165, 1.54) is 23.9 Å². The molecule has 4 nitrogen and oxygen atoms in total. The number of halogens is 1. The van der Waals surface area contributed by atoms with Gasteiger partial charge >= 0.3 is 0 Å². The maximum Gasteiger partial charge on any atom is 0.283 e. The standard InChI is InChI=1S/C14H22BrN3O/c1-3-5-9-18-13(19)12(15)11(10-16-18)17-14(4-2)7-6-8-14/h10,17H,3-9H2,1-2H3. The number of unbranched alkanes of at least 4 members (excludes halogenated alkanes) is 1. The van der Waals surface area contributed by atoms with Crippen LogP contribution in [0.3, 0.4) is 0 Å². The number of aromatic nitrogens is 2. The zero-order valence-electron chi connectivity index (χ0n) is 11.7. The Bertz CT molecular complexity index is 488. The number of hydrogen-bond donors (Lipinski definition) is 1. The van der Waals surface area contributed by atoms with Crippen LogP contribution in [0.2, 0.25) is 0 Å². The van der Waals surface area contributed by atoms with E-state index in [2.05, 4.69) is 40.2 Å². The monoisotopic (exact) mass is 327 g/mol. The fourth-order valence-electron chi connectivity index (χ4n) is 2.48. The van der Waals surface area contributed by atoms with Crippen LogP contribution >= 0.6 is 15.9 Å². The Labute approximate surface area is 122 Å². The normalized spacial score (nSPS) is 17.0. The first-order valence-electron chi connectivity index (χ1n) is 7.15. The van der Waals surface area contributed by atoms with E-state index in [0.717, 1.165) is 24.9 Å². The summed E-state index contributed by atoms with van der Waals surface area (Å²) in [6.45, 7) is 4.99. The second-order valence-electron chi connectivity index (χ2n) is 5.37. The Balaban J connectivity index is 2.19. The molecule has 0 aliphatic heterocycles. The van der Waals surface area contributed by atoms with E-state index >= 15 is 0 Å². The third kappa shape index (κ3) is 3.02. The maximum atomic E-state index is 12.2. The van der Waals surface area contributed by atoms with Crippen LogP contribution in [0.4, 0.5) is 5.69 Å². The third-order valence-corrected chi connectivity index (χ3v) is 4.86. The van der Waals surface area contributed by atoms with Crippen molar-refractivity contribution < 1.29 is 0 Å². The molecule has 0 atom stereocenters. The molecule has 0 aromatic carbocycles. The summed E-state index contributed by atoms with van der Waals surface area (Å²) in [6, 6.07) is 0. The summed E-state index contributed by atoms with van der Waals surface area (Å²) < 4.78 is 2.15. The zero-order valence-corrected chi connectivity index (χ0v) is 13.3. The van der Waals surface area contributed by atoms with Gasteiger partial charge in [-0.05, 0) is 48.0 Å². The van der Waals surface area contributed by atoms with Crippen LogP contribution < -0.4 is 10.9 Å². The van der Waals surface area contributed by atoms with Crippen LogP contribution in [0.5, 0.6) is 0 Å². The summed E-state index contributed by atoms with van der Waals surface area (Å²) in [4.78, 5) is 12.2. The number of aryl methyl sites for hydroxylation is 1. The largest absolute Gasteiger partial charge is 0.377 e. The number of rotatable bonds is 6. The van der Waals surface area contributed by atoms with E-state index in [-0.39, 0.29) is 11.1 Å². The molecular weight excluding hydrogens is 306 g/mol. The van der Waals surface area contributed by atoms with Crippen LogP contribution in [-0.4, -0.2) is 15.3 Å². The van der Waals surface area contributed by atoms with E-state index in [0.29, 0.717) is 11.0 Å². The topological polar surface area (TPSA) is 46.9 Å². The maximum absolute atomic E-state index is 12.2. The van der Waals surface area contributed by atoms with Crippen LogP contribution in [0, 0.1) is 0 Å². The Morgan fingerprint density at radius 1 is 1.47 bits per heavy atom. The van der Waals surface area contributed by atoms with E-state index in [4.69, 9.17) is 0 Å². The summed E-state index contributed by atoms with van der Waals surface area (Å²) in [5.74, 6) is 0. The quantitative estimate of drug-likeness (QED) is 0.869. The summed E-state index contributed by atoms with van der Waals surface area (Å²) >= 11 is 3.42. The fraction of sp³-hybridized carbons (Fsp3) is 0.714. The zero-order chi connectivity index (χ0) is 13.9.